The number of ether oxygens (including phenoxy) is 2. The van der Waals surface area contributed by atoms with E-state index in [0.29, 0.717) is 17.4 Å². The first-order chi connectivity index (χ1) is 47.0. The van der Waals surface area contributed by atoms with Crippen molar-refractivity contribution in [3.05, 3.63) is 158 Å². The van der Waals surface area contributed by atoms with Crippen LogP contribution in [-0.4, -0.2) is 74.9 Å². The topological polar surface area (TPSA) is 108 Å². The maximum Gasteiger partial charge on any atom is 0.472 e. The van der Waals surface area contributed by atoms with Gasteiger partial charge in [-0.2, -0.15) is 0 Å². The minimum atomic E-state index is -4.41. The molecular formula is C86H147NO8P+. The van der Waals surface area contributed by atoms with Crippen molar-refractivity contribution < 1.29 is 42.1 Å². The molecule has 0 aliphatic heterocycles. The Kier molecular flexibility index (Phi) is 71.4. The number of quaternary nitrogens is 1. The van der Waals surface area contributed by atoms with Crippen LogP contribution in [0.4, 0.5) is 0 Å². The van der Waals surface area contributed by atoms with Crippen LogP contribution in [0.3, 0.4) is 0 Å². The molecule has 0 saturated carbocycles. The summed E-state index contributed by atoms with van der Waals surface area (Å²) in [6.07, 6.45) is 112. The molecule has 2 atom stereocenters. The molecule has 0 aromatic heterocycles. The number of rotatable bonds is 71. The van der Waals surface area contributed by atoms with Gasteiger partial charge in [-0.1, -0.05) is 345 Å². The molecule has 1 N–H and O–H groups in total. The van der Waals surface area contributed by atoms with Gasteiger partial charge in [0, 0.05) is 12.8 Å². The fourth-order valence-electron chi connectivity index (χ4n) is 10.6. The van der Waals surface area contributed by atoms with E-state index in [0.717, 1.165) is 128 Å². The van der Waals surface area contributed by atoms with Crippen LogP contribution in [0.2, 0.25) is 0 Å². The van der Waals surface area contributed by atoms with E-state index in [9.17, 15) is 19.0 Å². The number of esters is 2. The minimum absolute atomic E-state index is 0.0235. The quantitative estimate of drug-likeness (QED) is 0.0211. The molecule has 0 bridgehead atoms. The third kappa shape index (κ3) is 78.6. The predicted octanol–water partition coefficient (Wildman–Crippen LogP) is 26.3. The van der Waals surface area contributed by atoms with Crippen molar-refractivity contribution in [2.24, 2.45) is 0 Å². The molecule has 0 aliphatic carbocycles. The fourth-order valence-corrected chi connectivity index (χ4v) is 11.4. The average molecular weight is 1350 g/mol. The highest BCUT2D eigenvalue weighted by Crippen LogP contribution is 2.43. The lowest BCUT2D eigenvalue weighted by atomic mass is 10.0. The number of allylic oxidation sites excluding steroid dienone is 26. The molecule has 0 aliphatic rings. The van der Waals surface area contributed by atoms with Crippen molar-refractivity contribution in [1.29, 1.82) is 0 Å². The van der Waals surface area contributed by atoms with Crippen molar-refractivity contribution in [3.8, 4) is 0 Å². The van der Waals surface area contributed by atoms with E-state index in [-0.39, 0.29) is 32.0 Å². The van der Waals surface area contributed by atoms with Crippen molar-refractivity contribution in [1.82, 2.24) is 0 Å². The van der Waals surface area contributed by atoms with E-state index < -0.39 is 26.5 Å². The Bertz CT molecular complexity index is 2180. The number of phosphoric acid groups is 1. The summed E-state index contributed by atoms with van der Waals surface area (Å²) in [6, 6.07) is 0. The minimum Gasteiger partial charge on any atom is -0.462 e. The molecule has 10 heteroatoms. The second-order valence-corrected chi connectivity index (χ2v) is 28.4. The normalized spacial score (nSPS) is 13.9. The zero-order chi connectivity index (χ0) is 69.7. The molecule has 0 heterocycles. The number of phosphoric ester groups is 1. The Morgan fingerprint density at radius 3 is 0.833 bits per heavy atom. The molecule has 9 nitrogen and oxygen atoms in total. The lowest BCUT2D eigenvalue weighted by Crippen LogP contribution is -2.37. The van der Waals surface area contributed by atoms with Gasteiger partial charge in [0.1, 0.15) is 19.8 Å². The van der Waals surface area contributed by atoms with Gasteiger partial charge < -0.3 is 18.9 Å². The van der Waals surface area contributed by atoms with Crippen LogP contribution in [0.1, 0.15) is 322 Å². The number of unbranched alkanes of at least 4 members (excludes halogenated alkanes) is 31. The van der Waals surface area contributed by atoms with Gasteiger partial charge in [0.05, 0.1) is 27.7 Å². The molecule has 96 heavy (non-hydrogen) atoms. The third-order valence-electron chi connectivity index (χ3n) is 16.6. The van der Waals surface area contributed by atoms with Crippen LogP contribution in [-0.2, 0) is 32.7 Å². The van der Waals surface area contributed by atoms with Crippen molar-refractivity contribution in [2.45, 2.75) is 328 Å². The van der Waals surface area contributed by atoms with Gasteiger partial charge in [0.2, 0.25) is 0 Å². The summed E-state index contributed by atoms with van der Waals surface area (Å²) in [5, 5.41) is 0. The molecular weight excluding hydrogens is 1210 g/mol. The Morgan fingerprint density at radius 1 is 0.323 bits per heavy atom. The van der Waals surface area contributed by atoms with E-state index >= 15 is 0 Å². The van der Waals surface area contributed by atoms with Gasteiger partial charge in [0.15, 0.2) is 6.10 Å². The standard InChI is InChI=1S/C86H146NO8P/c1-6-8-10-12-14-16-18-20-22-24-26-28-30-32-34-36-38-40-42-43-45-46-48-50-52-54-56-58-60-62-64-66-68-70-72-74-76-78-85(88)92-82-84(83-94-96(90,91)93-81-80-87(3,4)5)95-86(89)79-77-75-73-71-69-67-65-63-61-59-57-55-53-51-49-47-44-41-39-37-35-33-31-29-27-25-23-21-19-17-15-13-11-9-7-2/h8-11,14-17,20-23,26-29,33,35,39,41,47,49,53,55,59,61,84H,6-7,12-13,18-19,24-25,30-32,34,36-38,40,42-46,48,50-52,54,56-58,60,62-83H2,1-5H3/p+1/b10-8-,11-9-,16-14-,17-15-,22-20-,23-21-,28-26-,29-27-,35-33-,41-39-,49-47-,55-53-,61-59-. The fraction of sp³-hybridized carbons (Fsp3) is 0.674. The lowest BCUT2D eigenvalue weighted by Gasteiger charge is -2.24. The smallest absolute Gasteiger partial charge is 0.462 e. The van der Waals surface area contributed by atoms with Gasteiger partial charge in [-0.05, 0) is 122 Å². The summed E-state index contributed by atoms with van der Waals surface area (Å²) in [7, 11) is 1.46. The van der Waals surface area contributed by atoms with Crippen LogP contribution in [0.5, 0.6) is 0 Å². The molecule has 2 unspecified atom stereocenters. The zero-order valence-corrected chi connectivity index (χ0v) is 63.5. The summed E-state index contributed by atoms with van der Waals surface area (Å²) in [6.45, 7) is 4.21. The zero-order valence-electron chi connectivity index (χ0n) is 62.6. The second kappa shape index (κ2) is 74.8. The van der Waals surface area contributed by atoms with Crippen LogP contribution >= 0.6 is 7.82 Å². The molecule has 0 radical (unpaired) electrons. The van der Waals surface area contributed by atoms with Crippen molar-refractivity contribution in [2.75, 3.05) is 47.5 Å². The highest BCUT2D eigenvalue weighted by Gasteiger charge is 2.27. The number of carbonyl (C=O) groups excluding carboxylic acids is 2. The van der Waals surface area contributed by atoms with Crippen LogP contribution in [0.25, 0.3) is 0 Å². The van der Waals surface area contributed by atoms with Crippen LogP contribution in [0, 0.1) is 0 Å². The Hall–Kier alpha value is -4.37. The van der Waals surface area contributed by atoms with E-state index in [1.54, 1.807) is 0 Å². The summed E-state index contributed by atoms with van der Waals surface area (Å²) in [5.74, 6) is -0.807. The number of likely N-dealkylation sites (N-methyl/N-ethyl adjacent to an activating group) is 1. The van der Waals surface area contributed by atoms with Crippen LogP contribution < -0.4 is 0 Å². The van der Waals surface area contributed by atoms with Gasteiger partial charge in [-0.3, -0.25) is 18.6 Å². The number of nitrogens with zero attached hydrogens (tertiary/aromatic N) is 1. The Balaban J connectivity index is 4.03. The molecule has 548 valence electrons. The molecule has 0 saturated heterocycles. The van der Waals surface area contributed by atoms with E-state index in [4.69, 9.17) is 18.5 Å². The summed E-state index contributed by atoms with van der Waals surface area (Å²) >= 11 is 0. The second-order valence-electron chi connectivity index (χ2n) is 27.0. The first-order valence-electron chi connectivity index (χ1n) is 39.2. The van der Waals surface area contributed by atoms with Gasteiger partial charge in [0.25, 0.3) is 0 Å². The third-order valence-corrected chi connectivity index (χ3v) is 17.5. The summed E-state index contributed by atoms with van der Waals surface area (Å²) in [4.78, 5) is 36.0. The molecule has 0 spiro atoms. The Morgan fingerprint density at radius 2 is 0.562 bits per heavy atom. The first-order valence-corrected chi connectivity index (χ1v) is 40.7. The van der Waals surface area contributed by atoms with Crippen LogP contribution in [0.15, 0.2) is 158 Å². The number of carbonyl (C=O) groups is 2. The van der Waals surface area contributed by atoms with E-state index in [2.05, 4.69) is 172 Å². The maximum atomic E-state index is 12.9. The van der Waals surface area contributed by atoms with Gasteiger partial charge in [-0.25, -0.2) is 4.57 Å². The molecule has 0 fully saturated rings. The maximum absolute atomic E-state index is 12.9. The summed E-state index contributed by atoms with van der Waals surface area (Å²) < 4.78 is 34.8. The highest BCUT2D eigenvalue weighted by atomic mass is 31.2. The summed E-state index contributed by atoms with van der Waals surface area (Å²) in [5.41, 5.74) is 0. The van der Waals surface area contributed by atoms with Gasteiger partial charge >= 0.3 is 19.8 Å². The molecule has 0 amide bonds. The number of hydrogen-bond acceptors (Lipinski definition) is 7. The number of hydrogen-bond donors (Lipinski definition) is 1. The first kappa shape index (κ1) is 91.6. The predicted molar refractivity (Wildman–Crippen MR) is 417 cm³/mol. The van der Waals surface area contributed by atoms with Crippen molar-refractivity contribution in [3.63, 3.8) is 0 Å². The largest absolute Gasteiger partial charge is 0.472 e. The SMILES string of the molecule is CC/C=C\C/C=C\C/C=C\C/C=C\C/C=C\C/C=C\C/C=C\C/C=C\C/C=C\CCCCCCCCCC(=O)OC(COC(=O)CCCCCCCCCCCCCCCCCCCCCCCCCC/C=C\C/C=C\C/C=C\C/C=C\CC)COP(=O)(O)OCC[N+](C)(C)C. The monoisotopic (exact) mass is 1350 g/mol. The lowest BCUT2D eigenvalue weighted by molar-refractivity contribution is -0.870. The molecule has 0 aromatic carbocycles. The molecule has 0 aromatic rings. The van der Waals surface area contributed by atoms with E-state index in [1.807, 2.05) is 21.1 Å². The average Bonchev–Trinajstić information content (AvgIpc) is 2.74. The molecule has 0 rings (SSSR count). The van der Waals surface area contributed by atoms with Crippen molar-refractivity contribution >= 4 is 19.8 Å². The highest BCUT2D eigenvalue weighted by molar-refractivity contribution is 7.47. The van der Waals surface area contributed by atoms with E-state index in [1.165, 1.54) is 161 Å². The Labute approximate surface area is 592 Å². The van der Waals surface area contributed by atoms with Gasteiger partial charge in [-0.15, -0.1) is 0 Å².